The first-order valence-electron chi connectivity index (χ1n) is 8.44. The molecule has 1 unspecified atom stereocenters. The smallest absolute Gasteiger partial charge is 0.407 e. The number of benzene rings is 1. The van der Waals surface area contributed by atoms with Crippen LogP contribution in [0.25, 0.3) is 11.4 Å². The van der Waals surface area contributed by atoms with Crippen LogP contribution in [0.2, 0.25) is 0 Å². The molecule has 1 N–H and O–H groups in total. The zero-order valence-corrected chi connectivity index (χ0v) is 14.8. The number of aromatic nitrogens is 3. The second-order valence-electron chi connectivity index (χ2n) is 7.22. The van der Waals surface area contributed by atoms with Gasteiger partial charge in [0.2, 0.25) is 0 Å². The number of hydrogen-bond donors (Lipinski definition) is 1. The summed E-state index contributed by atoms with van der Waals surface area (Å²) in [5.74, 6) is 1.31. The van der Waals surface area contributed by atoms with E-state index in [2.05, 4.69) is 15.4 Å². The molecule has 2 aromatic rings. The van der Waals surface area contributed by atoms with Gasteiger partial charge in [-0.3, -0.25) is 0 Å². The van der Waals surface area contributed by atoms with Crippen molar-refractivity contribution >= 4 is 6.09 Å². The molecule has 0 saturated heterocycles. The van der Waals surface area contributed by atoms with Crippen LogP contribution >= 0.6 is 0 Å². The first-order chi connectivity index (χ1) is 11.8. The monoisotopic (exact) mass is 346 g/mol. The Morgan fingerprint density at radius 2 is 2.08 bits per heavy atom. The summed E-state index contributed by atoms with van der Waals surface area (Å²) in [4.78, 5) is 16.1. The summed E-state index contributed by atoms with van der Waals surface area (Å²) in [6.45, 7) is 6.42. The van der Waals surface area contributed by atoms with Crippen molar-refractivity contribution in [3.8, 4) is 11.4 Å². The van der Waals surface area contributed by atoms with Crippen LogP contribution in [0, 0.1) is 0 Å². The first-order valence-corrected chi connectivity index (χ1v) is 8.44. The van der Waals surface area contributed by atoms with Gasteiger partial charge in [0, 0.05) is 25.1 Å². The SMILES string of the molecule is CC(C)(C)OC(=O)NCc1ccc(-c2nc3n(n2)CCC(F)C3)cc1. The van der Waals surface area contributed by atoms with Crippen LogP contribution in [-0.2, 0) is 24.2 Å². The molecule has 7 heteroatoms. The lowest BCUT2D eigenvalue weighted by molar-refractivity contribution is 0.0523. The fourth-order valence-corrected chi connectivity index (χ4v) is 2.65. The number of halogens is 1. The van der Waals surface area contributed by atoms with E-state index < -0.39 is 17.9 Å². The van der Waals surface area contributed by atoms with Crippen LogP contribution in [0.3, 0.4) is 0 Å². The minimum absolute atomic E-state index is 0.324. The standard InChI is InChI=1S/C18H23FN4O2/c1-18(2,3)25-17(24)20-11-12-4-6-13(7-5-12)16-21-15-10-14(19)8-9-23(15)22-16/h4-7,14H,8-11H2,1-3H3,(H,20,24). The van der Waals surface area contributed by atoms with Gasteiger partial charge in [-0.1, -0.05) is 24.3 Å². The third kappa shape index (κ3) is 4.55. The highest BCUT2D eigenvalue weighted by Crippen LogP contribution is 2.21. The van der Waals surface area contributed by atoms with Gasteiger partial charge in [-0.05, 0) is 32.8 Å². The third-order valence-corrected chi connectivity index (χ3v) is 3.85. The highest BCUT2D eigenvalue weighted by molar-refractivity contribution is 5.67. The summed E-state index contributed by atoms with van der Waals surface area (Å²) in [6.07, 6.45) is -0.456. The number of amides is 1. The maximum Gasteiger partial charge on any atom is 0.407 e. The molecule has 1 atom stereocenters. The molecule has 6 nitrogen and oxygen atoms in total. The van der Waals surface area contributed by atoms with Gasteiger partial charge >= 0.3 is 6.09 Å². The number of rotatable bonds is 3. The first kappa shape index (κ1) is 17.4. The highest BCUT2D eigenvalue weighted by atomic mass is 19.1. The van der Waals surface area contributed by atoms with E-state index in [9.17, 15) is 9.18 Å². The van der Waals surface area contributed by atoms with Crippen molar-refractivity contribution in [2.75, 3.05) is 0 Å². The Morgan fingerprint density at radius 1 is 1.36 bits per heavy atom. The summed E-state index contributed by atoms with van der Waals surface area (Å²) in [7, 11) is 0. The van der Waals surface area contributed by atoms with Crippen LogP contribution in [-0.4, -0.2) is 32.6 Å². The van der Waals surface area contributed by atoms with Crippen molar-refractivity contribution in [1.29, 1.82) is 0 Å². The van der Waals surface area contributed by atoms with Crippen LogP contribution in [0.4, 0.5) is 9.18 Å². The van der Waals surface area contributed by atoms with Crippen molar-refractivity contribution in [1.82, 2.24) is 20.1 Å². The van der Waals surface area contributed by atoms with Crippen molar-refractivity contribution < 1.29 is 13.9 Å². The molecule has 1 amide bonds. The van der Waals surface area contributed by atoms with Gasteiger partial charge in [0.05, 0.1) is 0 Å². The van der Waals surface area contributed by atoms with Gasteiger partial charge in [0.25, 0.3) is 0 Å². The molecule has 2 heterocycles. The van der Waals surface area contributed by atoms with E-state index in [4.69, 9.17) is 4.74 Å². The van der Waals surface area contributed by atoms with Crippen LogP contribution in [0.5, 0.6) is 0 Å². The van der Waals surface area contributed by atoms with Gasteiger partial charge in [0.15, 0.2) is 5.82 Å². The van der Waals surface area contributed by atoms with E-state index in [0.717, 1.165) is 11.1 Å². The van der Waals surface area contributed by atoms with Crippen molar-refractivity contribution in [3.63, 3.8) is 0 Å². The number of nitrogens with zero attached hydrogens (tertiary/aromatic N) is 3. The van der Waals surface area contributed by atoms with E-state index in [1.807, 2.05) is 45.0 Å². The summed E-state index contributed by atoms with van der Waals surface area (Å²) >= 11 is 0. The number of alkyl carbamates (subject to hydrolysis) is 1. The number of hydrogen-bond acceptors (Lipinski definition) is 4. The zero-order valence-electron chi connectivity index (χ0n) is 14.8. The molecular weight excluding hydrogens is 323 g/mol. The summed E-state index contributed by atoms with van der Waals surface area (Å²) in [5.41, 5.74) is 1.30. The average molecular weight is 346 g/mol. The third-order valence-electron chi connectivity index (χ3n) is 3.85. The predicted octanol–water partition coefficient (Wildman–Crippen LogP) is 3.25. The number of nitrogens with one attached hydrogen (secondary N) is 1. The lowest BCUT2D eigenvalue weighted by Crippen LogP contribution is -2.32. The van der Waals surface area contributed by atoms with Crippen molar-refractivity contribution in [3.05, 3.63) is 35.7 Å². The maximum atomic E-state index is 13.5. The fourth-order valence-electron chi connectivity index (χ4n) is 2.65. The van der Waals surface area contributed by atoms with Crippen molar-refractivity contribution in [2.24, 2.45) is 0 Å². The number of ether oxygens (including phenoxy) is 1. The topological polar surface area (TPSA) is 69.0 Å². The molecule has 0 aliphatic carbocycles. The second kappa shape index (κ2) is 6.82. The van der Waals surface area contributed by atoms with Gasteiger partial charge in [-0.25, -0.2) is 18.9 Å². The number of alkyl halides is 1. The van der Waals surface area contributed by atoms with Gasteiger partial charge in [0.1, 0.15) is 17.6 Å². The van der Waals surface area contributed by atoms with E-state index in [-0.39, 0.29) is 0 Å². The zero-order chi connectivity index (χ0) is 18.0. The molecule has 0 bridgehead atoms. The molecule has 134 valence electrons. The summed E-state index contributed by atoms with van der Waals surface area (Å²) in [5, 5.41) is 7.17. The van der Waals surface area contributed by atoms with E-state index in [0.29, 0.717) is 37.6 Å². The molecule has 3 rings (SSSR count). The molecule has 1 aliphatic heterocycles. The van der Waals surface area contributed by atoms with Crippen LogP contribution in [0.15, 0.2) is 24.3 Å². The number of carbonyl (C=O) groups is 1. The van der Waals surface area contributed by atoms with E-state index >= 15 is 0 Å². The summed E-state index contributed by atoms with van der Waals surface area (Å²) < 4.78 is 20.4. The molecule has 25 heavy (non-hydrogen) atoms. The Hall–Kier alpha value is -2.44. The quantitative estimate of drug-likeness (QED) is 0.926. The molecule has 0 spiro atoms. The van der Waals surface area contributed by atoms with Crippen molar-refractivity contribution in [2.45, 2.75) is 58.5 Å². The summed E-state index contributed by atoms with van der Waals surface area (Å²) in [6, 6.07) is 7.62. The second-order valence-corrected chi connectivity index (χ2v) is 7.22. The number of aryl methyl sites for hydroxylation is 1. The predicted molar refractivity (Wildman–Crippen MR) is 91.7 cm³/mol. The van der Waals surface area contributed by atoms with Gasteiger partial charge in [-0.15, -0.1) is 0 Å². The lowest BCUT2D eigenvalue weighted by atomic mass is 10.1. The van der Waals surface area contributed by atoms with E-state index in [1.165, 1.54) is 0 Å². The molecule has 1 aromatic carbocycles. The lowest BCUT2D eigenvalue weighted by Gasteiger charge is -2.19. The minimum atomic E-state index is -0.828. The van der Waals surface area contributed by atoms with Gasteiger partial charge < -0.3 is 10.1 Å². The Balaban J connectivity index is 1.62. The number of carbonyl (C=O) groups excluding carboxylic acids is 1. The Labute approximate surface area is 146 Å². The fraction of sp³-hybridized carbons (Fsp3) is 0.500. The average Bonchev–Trinajstić information content (AvgIpc) is 2.95. The molecule has 0 fully saturated rings. The van der Waals surface area contributed by atoms with E-state index in [1.54, 1.807) is 4.68 Å². The Bertz CT molecular complexity index is 749. The Morgan fingerprint density at radius 3 is 2.76 bits per heavy atom. The molecule has 0 saturated carbocycles. The van der Waals surface area contributed by atoms with Crippen LogP contribution < -0.4 is 5.32 Å². The van der Waals surface area contributed by atoms with Crippen LogP contribution in [0.1, 0.15) is 38.6 Å². The van der Waals surface area contributed by atoms with Gasteiger partial charge in [-0.2, -0.15) is 5.10 Å². The molecule has 0 radical (unpaired) electrons. The molecule has 1 aromatic heterocycles. The molecule has 1 aliphatic rings. The largest absolute Gasteiger partial charge is 0.444 e. The highest BCUT2D eigenvalue weighted by Gasteiger charge is 2.21. The minimum Gasteiger partial charge on any atom is -0.444 e. The molecular formula is C18H23FN4O2. The maximum absolute atomic E-state index is 13.5. The Kier molecular flexibility index (Phi) is 4.74. The normalized spacial score (nSPS) is 17.0. The number of fused-ring (bicyclic) bond motifs is 1.